The second-order valence-corrected chi connectivity index (χ2v) is 7.84. The molecule has 2 heterocycles. The van der Waals surface area contributed by atoms with Gasteiger partial charge in [0.1, 0.15) is 0 Å². The standard InChI is InChI=1S/C19H23N3O2S/c23-17(21-11-5-6-12-21)13-25-19-20-16-10-4-3-9-15(16)18(24)22(19)14-7-1-2-8-14/h3-4,9-10,14H,1-2,5-8,11-13H2. The molecule has 2 aliphatic rings. The first-order chi connectivity index (χ1) is 12.2. The summed E-state index contributed by atoms with van der Waals surface area (Å²) in [6, 6.07) is 7.73. The predicted molar refractivity (Wildman–Crippen MR) is 100 cm³/mol. The van der Waals surface area contributed by atoms with Crippen molar-refractivity contribution in [1.29, 1.82) is 0 Å². The molecule has 1 saturated carbocycles. The van der Waals surface area contributed by atoms with Crippen molar-refractivity contribution >= 4 is 28.6 Å². The third-order valence-electron chi connectivity index (χ3n) is 5.25. The van der Waals surface area contributed by atoms with E-state index >= 15 is 0 Å². The van der Waals surface area contributed by atoms with Crippen LogP contribution in [-0.2, 0) is 4.79 Å². The highest BCUT2D eigenvalue weighted by molar-refractivity contribution is 7.99. The molecule has 0 bridgehead atoms. The highest BCUT2D eigenvalue weighted by Crippen LogP contribution is 2.32. The lowest BCUT2D eigenvalue weighted by Gasteiger charge is -2.19. The number of para-hydroxylation sites is 1. The molecule has 1 aliphatic carbocycles. The van der Waals surface area contributed by atoms with Crippen molar-refractivity contribution in [3.8, 4) is 0 Å². The second kappa shape index (κ2) is 7.20. The minimum atomic E-state index is 0.0358. The van der Waals surface area contributed by atoms with Crippen LogP contribution in [0.2, 0.25) is 0 Å². The minimum absolute atomic E-state index is 0.0358. The number of fused-ring (bicyclic) bond motifs is 1. The Hall–Kier alpha value is -1.82. The van der Waals surface area contributed by atoms with Crippen molar-refractivity contribution in [3.05, 3.63) is 34.6 Å². The van der Waals surface area contributed by atoms with E-state index in [1.54, 1.807) is 0 Å². The summed E-state index contributed by atoms with van der Waals surface area (Å²) in [6.45, 7) is 1.72. The van der Waals surface area contributed by atoms with Crippen LogP contribution < -0.4 is 5.56 Å². The van der Waals surface area contributed by atoms with Gasteiger partial charge in [0, 0.05) is 19.1 Å². The Bertz CT molecular complexity index is 836. The Morgan fingerprint density at radius 1 is 1.12 bits per heavy atom. The maximum Gasteiger partial charge on any atom is 0.262 e. The molecule has 0 atom stereocenters. The maximum absolute atomic E-state index is 13.1. The molecule has 2 fully saturated rings. The number of hydrogen-bond acceptors (Lipinski definition) is 4. The Kier molecular flexibility index (Phi) is 4.79. The second-order valence-electron chi connectivity index (χ2n) is 6.90. The van der Waals surface area contributed by atoms with Gasteiger partial charge in [0.2, 0.25) is 5.91 Å². The van der Waals surface area contributed by atoms with Crippen LogP contribution in [0, 0.1) is 0 Å². The summed E-state index contributed by atoms with van der Waals surface area (Å²) >= 11 is 1.42. The van der Waals surface area contributed by atoms with Crippen molar-refractivity contribution in [2.45, 2.75) is 49.7 Å². The van der Waals surface area contributed by atoms with Gasteiger partial charge < -0.3 is 4.90 Å². The number of likely N-dealkylation sites (tertiary alicyclic amines) is 1. The van der Waals surface area contributed by atoms with E-state index in [-0.39, 0.29) is 17.5 Å². The van der Waals surface area contributed by atoms with E-state index < -0.39 is 0 Å². The zero-order valence-electron chi connectivity index (χ0n) is 14.3. The maximum atomic E-state index is 13.1. The van der Waals surface area contributed by atoms with E-state index in [1.807, 2.05) is 33.7 Å². The first-order valence-electron chi connectivity index (χ1n) is 9.16. The number of carbonyl (C=O) groups is 1. The van der Waals surface area contributed by atoms with Gasteiger partial charge in [-0.25, -0.2) is 4.98 Å². The lowest BCUT2D eigenvalue weighted by atomic mass is 10.2. The summed E-state index contributed by atoms with van der Waals surface area (Å²) in [4.78, 5) is 32.1. The number of carbonyl (C=O) groups excluding carboxylic acids is 1. The Morgan fingerprint density at radius 3 is 2.60 bits per heavy atom. The largest absolute Gasteiger partial charge is 0.342 e. The molecule has 1 aromatic heterocycles. The van der Waals surface area contributed by atoms with Crippen LogP contribution >= 0.6 is 11.8 Å². The fourth-order valence-electron chi connectivity index (χ4n) is 3.90. The van der Waals surface area contributed by atoms with Crippen LogP contribution in [0.3, 0.4) is 0 Å². The lowest BCUT2D eigenvalue weighted by molar-refractivity contribution is -0.127. The summed E-state index contributed by atoms with van der Waals surface area (Å²) in [6.07, 6.45) is 6.54. The smallest absolute Gasteiger partial charge is 0.262 e. The van der Waals surface area contributed by atoms with E-state index in [1.165, 1.54) is 11.8 Å². The molecule has 4 rings (SSSR count). The van der Waals surface area contributed by atoms with Crippen molar-refractivity contribution < 1.29 is 4.79 Å². The Morgan fingerprint density at radius 2 is 1.84 bits per heavy atom. The summed E-state index contributed by atoms with van der Waals surface area (Å²) in [5, 5.41) is 1.37. The van der Waals surface area contributed by atoms with Gasteiger partial charge in [0.05, 0.1) is 16.7 Å². The summed E-state index contributed by atoms with van der Waals surface area (Å²) in [5.41, 5.74) is 0.756. The fourth-order valence-corrected chi connectivity index (χ4v) is 4.87. The van der Waals surface area contributed by atoms with Gasteiger partial charge in [-0.1, -0.05) is 36.7 Å². The van der Waals surface area contributed by atoms with Gasteiger partial charge in [0.15, 0.2) is 5.16 Å². The number of benzene rings is 1. The van der Waals surface area contributed by atoms with Crippen LogP contribution in [0.1, 0.15) is 44.6 Å². The monoisotopic (exact) mass is 357 g/mol. The number of hydrogen-bond donors (Lipinski definition) is 0. The molecular formula is C19H23N3O2S. The number of amides is 1. The normalized spacial score (nSPS) is 18.3. The number of aromatic nitrogens is 2. The molecule has 132 valence electrons. The molecule has 1 aliphatic heterocycles. The summed E-state index contributed by atoms with van der Waals surface area (Å²) < 4.78 is 1.86. The molecule has 0 unspecified atom stereocenters. The van der Waals surface area contributed by atoms with Crippen molar-refractivity contribution in [2.24, 2.45) is 0 Å². The van der Waals surface area contributed by atoms with Gasteiger partial charge >= 0.3 is 0 Å². The Balaban J connectivity index is 1.67. The summed E-state index contributed by atoms with van der Waals surface area (Å²) in [5.74, 6) is 0.514. The number of rotatable bonds is 4. The highest BCUT2D eigenvalue weighted by Gasteiger charge is 2.24. The first-order valence-corrected chi connectivity index (χ1v) is 10.1. The van der Waals surface area contributed by atoms with Gasteiger partial charge in [0.25, 0.3) is 5.56 Å². The van der Waals surface area contributed by atoms with E-state index in [9.17, 15) is 9.59 Å². The quantitative estimate of drug-likeness (QED) is 0.623. The van der Waals surface area contributed by atoms with Crippen molar-refractivity contribution in [3.63, 3.8) is 0 Å². The molecule has 6 heteroatoms. The van der Waals surface area contributed by atoms with Gasteiger partial charge in [-0.05, 0) is 37.8 Å². The Labute approximate surface area is 151 Å². The molecule has 1 aromatic carbocycles. The average molecular weight is 357 g/mol. The van der Waals surface area contributed by atoms with Crippen LogP contribution in [0.25, 0.3) is 10.9 Å². The van der Waals surface area contributed by atoms with Gasteiger partial charge in [-0.2, -0.15) is 0 Å². The first kappa shape index (κ1) is 16.6. The predicted octanol–water partition coefficient (Wildman–Crippen LogP) is 3.23. The van der Waals surface area contributed by atoms with E-state index in [0.29, 0.717) is 16.3 Å². The number of nitrogens with zero attached hydrogens (tertiary/aromatic N) is 3. The van der Waals surface area contributed by atoms with Crippen molar-refractivity contribution in [2.75, 3.05) is 18.8 Å². The van der Waals surface area contributed by atoms with Gasteiger partial charge in [-0.15, -0.1) is 0 Å². The molecule has 0 radical (unpaired) electrons. The zero-order valence-corrected chi connectivity index (χ0v) is 15.1. The molecule has 5 nitrogen and oxygen atoms in total. The average Bonchev–Trinajstić information content (AvgIpc) is 3.33. The third kappa shape index (κ3) is 3.32. The van der Waals surface area contributed by atoms with Crippen LogP contribution in [0.15, 0.2) is 34.2 Å². The molecule has 2 aromatic rings. The van der Waals surface area contributed by atoms with E-state index in [4.69, 9.17) is 4.98 Å². The minimum Gasteiger partial charge on any atom is -0.342 e. The van der Waals surface area contributed by atoms with Crippen molar-refractivity contribution in [1.82, 2.24) is 14.5 Å². The molecule has 1 amide bonds. The highest BCUT2D eigenvalue weighted by atomic mass is 32.2. The molecule has 0 N–H and O–H groups in total. The summed E-state index contributed by atoms with van der Waals surface area (Å²) in [7, 11) is 0. The lowest BCUT2D eigenvalue weighted by Crippen LogP contribution is -2.30. The zero-order chi connectivity index (χ0) is 17.2. The molecular weight excluding hydrogens is 334 g/mol. The van der Waals surface area contributed by atoms with Gasteiger partial charge in [-0.3, -0.25) is 14.2 Å². The fraction of sp³-hybridized carbons (Fsp3) is 0.526. The molecule has 25 heavy (non-hydrogen) atoms. The van der Waals surface area contributed by atoms with Crippen LogP contribution in [-0.4, -0.2) is 39.2 Å². The van der Waals surface area contributed by atoms with E-state index in [0.717, 1.165) is 57.1 Å². The van der Waals surface area contributed by atoms with E-state index in [2.05, 4.69) is 0 Å². The van der Waals surface area contributed by atoms with Crippen LogP contribution in [0.4, 0.5) is 0 Å². The molecule has 0 spiro atoms. The van der Waals surface area contributed by atoms with Crippen LogP contribution in [0.5, 0.6) is 0 Å². The molecule has 1 saturated heterocycles. The third-order valence-corrected chi connectivity index (χ3v) is 6.19. The SMILES string of the molecule is O=C(CSc1nc2ccccc2c(=O)n1C1CCCC1)N1CCCC1. The number of thioether (sulfide) groups is 1. The topological polar surface area (TPSA) is 55.2 Å².